The molecule has 1 amide bonds. The first-order valence-electron chi connectivity index (χ1n) is 7.18. The summed E-state index contributed by atoms with van der Waals surface area (Å²) in [7, 11) is 0. The minimum absolute atomic E-state index is 0.115. The topological polar surface area (TPSA) is 29.5 Å². The van der Waals surface area contributed by atoms with Crippen molar-refractivity contribution in [3.63, 3.8) is 0 Å². The van der Waals surface area contributed by atoms with E-state index in [-0.39, 0.29) is 24.6 Å². The third-order valence-corrected chi connectivity index (χ3v) is 3.81. The molecule has 1 aromatic carbocycles. The first-order chi connectivity index (χ1) is 9.24. The van der Waals surface area contributed by atoms with Crippen LogP contribution < -0.4 is 0 Å². The van der Waals surface area contributed by atoms with Gasteiger partial charge in [0, 0.05) is 0 Å². The van der Waals surface area contributed by atoms with Gasteiger partial charge in [-0.05, 0) is 18.9 Å². The summed E-state index contributed by atoms with van der Waals surface area (Å²) < 4.78 is 5.42. The molecule has 1 fully saturated rings. The zero-order valence-electron chi connectivity index (χ0n) is 11.8. The molecule has 0 radical (unpaired) electrons. The molecule has 2 atom stereocenters. The molecule has 3 nitrogen and oxygen atoms in total. The van der Waals surface area contributed by atoms with Crippen LogP contribution in [0.25, 0.3) is 0 Å². The Morgan fingerprint density at radius 3 is 2.79 bits per heavy atom. The van der Waals surface area contributed by atoms with Crippen molar-refractivity contribution in [1.29, 1.82) is 0 Å². The van der Waals surface area contributed by atoms with Gasteiger partial charge in [0.1, 0.15) is 6.61 Å². The van der Waals surface area contributed by atoms with Gasteiger partial charge >= 0.3 is 0 Å². The van der Waals surface area contributed by atoms with Gasteiger partial charge in [-0.3, -0.25) is 4.79 Å². The Kier molecular flexibility index (Phi) is 4.97. The highest BCUT2D eigenvalue weighted by atomic mass is 16.5. The predicted octanol–water partition coefficient (Wildman–Crippen LogP) is 3.17. The second-order valence-corrected chi connectivity index (χ2v) is 5.20. The van der Waals surface area contributed by atoms with Crippen molar-refractivity contribution in [3.05, 3.63) is 35.9 Å². The Labute approximate surface area is 115 Å². The van der Waals surface area contributed by atoms with E-state index in [2.05, 4.69) is 26.0 Å². The lowest BCUT2D eigenvalue weighted by Gasteiger charge is -2.40. The van der Waals surface area contributed by atoms with Crippen molar-refractivity contribution in [1.82, 2.24) is 4.90 Å². The highest BCUT2D eigenvalue weighted by Crippen LogP contribution is 2.27. The van der Waals surface area contributed by atoms with Crippen molar-refractivity contribution >= 4 is 5.91 Å². The highest BCUT2D eigenvalue weighted by molar-refractivity contribution is 5.79. The number of rotatable bonds is 5. The van der Waals surface area contributed by atoms with Gasteiger partial charge in [-0.2, -0.15) is 0 Å². The fraction of sp³-hybridized carbons (Fsp3) is 0.562. The van der Waals surface area contributed by atoms with Gasteiger partial charge in [0.2, 0.25) is 5.91 Å². The minimum Gasteiger partial charge on any atom is -0.369 e. The maximum atomic E-state index is 12.2. The molecule has 0 spiro atoms. The number of hydrogen-bond donors (Lipinski definition) is 0. The molecule has 3 heteroatoms. The number of hydrogen-bond acceptors (Lipinski definition) is 2. The maximum absolute atomic E-state index is 12.2. The van der Waals surface area contributed by atoms with Crippen LogP contribution in [0, 0.1) is 0 Å². The van der Waals surface area contributed by atoms with E-state index >= 15 is 0 Å². The van der Waals surface area contributed by atoms with Crippen LogP contribution >= 0.6 is 0 Å². The minimum atomic E-state index is 0.115. The van der Waals surface area contributed by atoms with E-state index < -0.39 is 0 Å². The van der Waals surface area contributed by atoms with Crippen LogP contribution in [0.3, 0.4) is 0 Å². The molecule has 1 aliphatic heterocycles. The summed E-state index contributed by atoms with van der Waals surface area (Å²) in [6.07, 6.45) is 3.32. The van der Waals surface area contributed by atoms with E-state index in [1.165, 1.54) is 5.56 Å². The molecule has 19 heavy (non-hydrogen) atoms. The van der Waals surface area contributed by atoms with E-state index in [0.717, 1.165) is 19.3 Å². The van der Waals surface area contributed by atoms with Crippen LogP contribution in [-0.4, -0.2) is 30.1 Å². The molecule has 2 rings (SSSR count). The van der Waals surface area contributed by atoms with E-state index in [4.69, 9.17) is 4.74 Å². The van der Waals surface area contributed by atoms with Crippen LogP contribution in [0.1, 0.15) is 44.7 Å². The van der Waals surface area contributed by atoms with Crippen LogP contribution in [0.4, 0.5) is 0 Å². The summed E-state index contributed by atoms with van der Waals surface area (Å²) in [5.74, 6) is 0.115. The molecule has 0 aliphatic carbocycles. The molecule has 1 aromatic rings. The maximum Gasteiger partial charge on any atom is 0.249 e. The average Bonchev–Trinajstić information content (AvgIpc) is 2.45. The number of carbonyl (C=O) groups is 1. The van der Waals surface area contributed by atoms with E-state index in [1.807, 2.05) is 23.1 Å². The number of carbonyl (C=O) groups excluding carboxylic acids is 1. The molecule has 104 valence electrons. The molecule has 0 saturated carbocycles. The fourth-order valence-electron chi connectivity index (χ4n) is 2.73. The highest BCUT2D eigenvalue weighted by Gasteiger charge is 2.32. The third kappa shape index (κ3) is 3.35. The number of amides is 1. The molecule has 0 bridgehead atoms. The van der Waals surface area contributed by atoms with Crippen molar-refractivity contribution in [2.45, 2.75) is 45.2 Å². The molecule has 1 saturated heterocycles. The van der Waals surface area contributed by atoms with Gasteiger partial charge in [0.15, 0.2) is 0 Å². The third-order valence-electron chi connectivity index (χ3n) is 3.81. The fourth-order valence-corrected chi connectivity index (χ4v) is 2.73. The van der Waals surface area contributed by atoms with Crippen LogP contribution in [-0.2, 0) is 9.53 Å². The van der Waals surface area contributed by atoms with E-state index in [9.17, 15) is 4.79 Å². The zero-order valence-corrected chi connectivity index (χ0v) is 11.8. The van der Waals surface area contributed by atoms with Gasteiger partial charge in [-0.1, -0.05) is 50.1 Å². The summed E-state index contributed by atoms with van der Waals surface area (Å²) in [5, 5.41) is 0. The van der Waals surface area contributed by atoms with Crippen molar-refractivity contribution in [3.8, 4) is 0 Å². The average molecular weight is 261 g/mol. The summed E-state index contributed by atoms with van der Waals surface area (Å²) in [6.45, 7) is 5.18. The Morgan fingerprint density at radius 1 is 1.37 bits per heavy atom. The molecule has 0 N–H and O–H groups in total. The van der Waals surface area contributed by atoms with Crippen molar-refractivity contribution in [2.75, 3.05) is 13.2 Å². The molecule has 1 heterocycles. The Hall–Kier alpha value is -1.35. The van der Waals surface area contributed by atoms with Crippen LogP contribution in [0.15, 0.2) is 30.3 Å². The molecular weight excluding hydrogens is 238 g/mol. The summed E-state index contributed by atoms with van der Waals surface area (Å²) in [4.78, 5) is 14.2. The number of benzene rings is 1. The van der Waals surface area contributed by atoms with Gasteiger partial charge in [-0.25, -0.2) is 0 Å². The van der Waals surface area contributed by atoms with Gasteiger partial charge in [0.05, 0.1) is 18.7 Å². The van der Waals surface area contributed by atoms with Crippen molar-refractivity contribution in [2.24, 2.45) is 0 Å². The standard InChI is InChI=1S/C16H23NO2/c1-3-4-10-15-11-19-12-16(18)17(15)13(2)14-8-6-5-7-9-14/h5-9,13,15H,3-4,10-12H2,1-2H3/t13-,15-/m1/s1. The quantitative estimate of drug-likeness (QED) is 0.814. The second-order valence-electron chi connectivity index (χ2n) is 5.20. The van der Waals surface area contributed by atoms with E-state index in [0.29, 0.717) is 6.61 Å². The lowest BCUT2D eigenvalue weighted by atomic mass is 10.0. The van der Waals surface area contributed by atoms with Crippen molar-refractivity contribution < 1.29 is 9.53 Å². The number of morpholine rings is 1. The van der Waals surface area contributed by atoms with Gasteiger partial charge in [-0.15, -0.1) is 0 Å². The Balaban J connectivity index is 2.14. The molecule has 1 aliphatic rings. The normalized spacial score (nSPS) is 21.5. The largest absolute Gasteiger partial charge is 0.369 e. The molecular formula is C16H23NO2. The van der Waals surface area contributed by atoms with Crippen LogP contribution in [0.2, 0.25) is 0 Å². The van der Waals surface area contributed by atoms with Gasteiger partial charge < -0.3 is 9.64 Å². The number of unbranched alkanes of at least 4 members (excludes halogenated alkanes) is 1. The Morgan fingerprint density at radius 2 is 2.11 bits per heavy atom. The summed E-state index contributed by atoms with van der Waals surface area (Å²) >= 11 is 0. The molecule has 0 unspecified atom stereocenters. The monoisotopic (exact) mass is 261 g/mol. The lowest BCUT2D eigenvalue weighted by Crippen LogP contribution is -2.50. The first kappa shape index (κ1) is 14.1. The second kappa shape index (κ2) is 6.71. The predicted molar refractivity (Wildman–Crippen MR) is 75.8 cm³/mol. The number of nitrogens with zero attached hydrogens (tertiary/aromatic N) is 1. The van der Waals surface area contributed by atoms with Crippen LogP contribution in [0.5, 0.6) is 0 Å². The summed E-state index contributed by atoms with van der Waals surface area (Å²) in [6, 6.07) is 10.6. The van der Waals surface area contributed by atoms with Gasteiger partial charge in [0.25, 0.3) is 0 Å². The Bertz CT molecular complexity index is 404. The smallest absolute Gasteiger partial charge is 0.249 e. The van der Waals surface area contributed by atoms with E-state index in [1.54, 1.807) is 0 Å². The summed E-state index contributed by atoms with van der Waals surface area (Å²) in [5.41, 5.74) is 1.19. The SMILES string of the molecule is CCCC[C@@H]1COCC(=O)N1[C@H](C)c1ccccc1. The zero-order chi connectivity index (χ0) is 13.7. The lowest BCUT2D eigenvalue weighted by molar-refractivity contribution is -0.152. The first-order valence-corrected chi connectivity index (χ1v) is 7.18. The molecule has 0 aromatic heterocycles. The number of ether oxygens (including phenoxy) is 1.